The molecule has 1 aromatic rings. The molecule has 1 heterocycles. The number of nitrogens with two attached hydrogens (primary N) is 1. The Morgan fingerprint density at radius 1 is 1.41 bits per heavy atom. The molecule has 1 atom stereocenters. The number of sulfonamides is 1. The third-order valence-corrected chi connectivity index (χ3v) is 2.96. The van der Waals surface area contributed by atoms with Gasteiger partial charge in [-0.2, -0.15) is 0 Å². The molecule has 0 radical (unpaired) electrons. The quantitative estimate of drug-likeness (QED) is 0.845. The predicted octanol–water partition coefficient (Wildman–Crippen LogP) is 1.07. The molecule has 6 nitrogen and oxygen atoms in total. The van der Waals surface area contributed by atoms with E-state index in [1.807, 2.05) is 0 Å². The smallest absolute Gasteiger partial charge is 0.262 e. The van der Waals surface area contributed by atoms with Gasteiger partial charge in [-0.05, 0) is 17.8 Å². The van der Waals surface area contributed by atoms with Gasteiger partial charge in [0, 0.05) is 6.42 Å². The Balaban J connectivity index is 2.67. The highest BCUT2D eigenvalue weighted by atomic mass is 32.2. The Bertz CT molecular complexity index is 473. The van der Waals surface area contributed by atoms with Crippen LogP contribution in [-0.2, 0) is 16.4 Å². The lowest BCUT2D eigenvalue weighted by molar-refractivity contribution is 0.303. The van der Waals surface area contributed by atoms with Gasteiger partial charge in [0.1, 0.15) is 5.82 Å². The third kappa shape index (κ3) is 4.82. The molecule has 1 unspecified atom stereocenters. The lowest BCUT2D eigenvalue weighted by Gasteiger charge is -2.22. The molecule has 17 heavy (non-hydrogen) atoms. The normalized spacial score (nSPS) is 14.9. The van der Waals surface area contributed by atoms with Gasteiger partial charge in [-0.25, -0.2) is 18.5 Å². The lowest BCUT2D eigenvalue weighted by Crippen LogP contribution is -2.15. The maximum absolute atomic E-state index is 11.0. The Morgan fingerprint density at radius 3 is 2.41 bits per heavy atom. The molecule has 0 bridgehead atoms. The second-order valence-corrected chi connectivity index (χ2v) is 7.14. The first-order chi connectivity index (χ1) is 7.58. The number of nitrogens with zero attached hydrogens (tertiary/aromatic N) is 2. The van der Waals surface area contributed by atoms with E-state index in [0.29, 0.717) is 18.2 Å². The zero-order valence-electron chi connectivity index (χ0n) is 10.7. The van der Waals surface area contributed by atoms with Crippen LogP contribution in [0.25, 0.3) is 0 Å². The number of rotatable bonds is 4. The van der Waals surface area contributed by atoms with Crippen molar-refractivity contribution in [3.05, 3.63) is 5.82 Å². The van der Waals surface area contributed by atoms with Gasteiger partial charge in [0.2, 0.25) is 0 Å². The first-order valence-corrected chi connectivity index (χ1v) is 7.06. The minimum absolute atomic E-state index is 0.238. The summed E-state index contributed by atoms with van der Waals surface area (Å²) in [5.74, 6) is 0.960. The number of aromatic amines is 1. The van der Waals surface area contributed by atoms with Gasteiger partial charge >= 0.3 is 0 Å². The van der Waals surface area contributed by atoms with Crippen LogP contribution in [0, 0.1) is 11.3 Å². The van der Waals surface area contributed by atoms with E-state index in [2.05, 4.69) is 42.9 Å². The number of primary sulfonamides is 1. The minimum atomic E-state index is -3.81. The van der Waals surface area contributed by atoms with E-state index in [0.717, 1.165) is 6.42 Å². The Morgan fingerprint density at radius 2 is 2.00 bits per heavy atom. The van der Waals surface area contributed by atoms with Crippen molar-refractivity contribution >= 4 is 10.0 Å². The van der Waals surface area contributed by atoms with E-state index in [1.165, 1.54) is 0 Å². The molecule has 0 spiro atoms. The van der Waals surface area contributed by atoms with Crippen molar-refractivity contribution < 1.29 is 8.42 Å². The number of nitrogens with one attached hydrogen (secondary N) is 1. The summed E-state index contributed by atoms with van der Waals surface area (Å²) in [6.07, 6.45) is 1.69. The monoisotopic (exact) mass is 260 g/mol. The van der Waals surface area contributed by atoms with E-state index in [1.54, 1.807) is 0 Å². The third-order valence-electron chi connectivity index (χ3n) is 2.27. The van der Waals surface area contributed by atoms with Crippen molar-refractivity contribution in [1.82, 2.24) is 15.2 Å². The van der Waals surface area contributed by atoms with Gasteiger partial charge in [-0.1, -0.05) is 27.7 Å². The highest BCUT2D eigenvalue weighted by Crippen LogP contribution is 2.25. The van der Waals surface area contributed by atoms with Crippen LogP contribution in [0.1, 0.15) is 39.9 Å². The van der Waals surface area contributed by atoms with Crippen LogP contribution in [0.15, 0.2) is 5.16 Å². The fourth-order valence-corrected chi connectivity index (χ4v) is 2.35. The lowest BCUT2D eigenvalue weighted by atomic mass is 9.84. The van der Waals surface area contributed by atoms with E-state index >= 15 is 0 Å². The highest BCUT2D eigenvalue weighted by Gasteiger charge is 2.19. The standard InChI is InChI=1S/C10H20N4O2S/c1-7(6-10(2,3)4)5-8-12-9(14-13-8)17(11,15)16/h7H,5-6H2,1-4H3,(H2,11,15,16)(H,12,13,14). The zero-order valence-corrected chi connectivity index (χ0v) is 11.5. The molecule has 7 heteroatoms. The molecular formula is C10H20N4O2S. The van der Waals surface area contributed by atoms with Crippen molar-refractivity contribution in [2.24, 2.45) is 16.5 Å². The molecular weight excluding hydrogens is 240 g/mol. The molecule has 98 valence electrons. The second kappa shape index (κ2) is 4.73. The largest absolute Gasteiger partial charge is 0.282 e. The van der Waals surface area contributed by atoms with E-state index in [4.69, 9.17) is 5.14 Å². The molecule has 0 amide bonds. The molecule has 1 rings (SSSR count). The van der Waals surface area contributed by atoms with E-state index in [9.17, 15) is 8.42 Å². The summed E-state index contributed by atoms with van der Waals surface area (Å²) in [5, 5.41) is 10.8. The number of aromatic nitrogens is 3. The van der Waals surface area contributed by atoms with Crippen molar-refractivity contribution in [3.63, 3.8) is 0 Å². The van der Waals surface area contributed by atoms with Crippen LogP contribution >= 0.6 is 0 Å². The number of H-pyrrole nitrogens is 1. The van der Waals surface area contributed by atoms with Gasteiger partial charge in [0.15, 0.2) is 0 Å². The van der Waals surface area contributed by atoms with Crippen LogP contribution in [0.5, 0.6) is 0 Å². The first-order valence-electron chi connectivity index (χ1n) is 5.52. The fourth-order valence-electron chi connectivity index (χ4n) is 1.94. The maximum atomic E-state index is 11.0. The highest BCUT2D eigenvalue weighted by molar-refractivity contribution is 7.89. The van der Waals surface area contributed by atoms with Crippen LogP contribution in [-0.4, -0.2) is 23.6 Å². The molecule has 0 aliphatic carbocycles. The van der Waals surface area contributed by atoms with Gasteiger partial charge in [0.05, 0.1) is 0 Å². The Labute approximate surface area is 102 Å². The van der Waals surface area contributed by atoms with Crippen molar-refractivity contribution in [1.29, 1.82) is 0 Å². The molecule has 0 aliphatic heterocycles. The molecule has 0 aliphatic rings. The molecule has 0 saturated carbocycles. The van der Waals surface area contributed by atoms with Gasteiger partial charge in [0.25, 0.3) is 15.2 Å². The summed E-state index contributed by atoms with van der Waals surface area (Å²) in [7, 11) is -3.81. The van der Waals surface area contributed by atoms with Crippen molar-refractivity contribution in [2.45, 2.75) is 45.7 Å². The summed E-state index contributed by atoms with van der Waals surface area (Å²) in [4.78, 5) is 3.87. The second-order valence-electron chi connectivity index (χ2n) is 5.68. The fraction of sp³-hybridized carbons (Fsp3) is 0.800. The van der Waals surface area contributed by atoms with Crippen LogP contribution in [0.3, 0.4) is 0 Å². The van der Waals surface area contributed by atoms with E-state index in [-0.39, 0.29) is 10.6 Å². The van der Waals surface area contributed by atoms with Crippen LogP contribution < -0.4 is 5.14 Å². The first kappa shape index (κ1) is 14.1. The predicted molar refractivity (Wildman–Crippen MR) is 64.7 cm³/mol. The molecule has 0 aromatic carbocycles. The van der Waals surface area contributed by atoms with Crippen LogP contribution in [0.2, 0.25) is 0 Å². The molecule has 0 fully saturated rings. The molecule has 0 saturated heterocycles. The topological polar surface area (TPSA) is 102 Å². The van der Waals surface area contributed by atoms with E-state index < -0.39 is 10.0 Å². The average molecular weight is 260 g/mol. The SMILES string of the molecule is CC(Cc1nc(S(N)(=O)=O)n[nH]1)CC(C)(C)C. The molecule has 1 aromatic heterocycles. The van der Waals surface area contributed by atoms with Gasteiger partial charge in [-0.3, -0.25) is 5.10 Å². The summed E-state index contributed by atoms with van der Waals surface area (Å²) < 4.78 is 22.0. The minimum Gasteiger partial charge on any atom is -0.262 e. The Hall–Kier alpha value is -0.950. The van der Waals surface area contributed by atoms with Gasteiger partial charge < -0.3 is 0 Å². The Kier molecular flexibility index (Phi) is 3.93. The summed E-state index contributed by atoms with van der Waals surface area (Å²) >= 11 is 0. The zero-order chi connectivity index (χ0) is 13.3. The maximum Gasteiger partial charge on any atom is 0.282 e. The van der Waals surface area contributed by atoms with Crippen LogP contribution in [0.4, 0.5) is 0 Å². The molecule has 3 N–H and O–H groups in total. The van der Waals surface area contributed by atoms with Crippen molar-refractivity contribution in [3.8, 4) is 0 Å². The number of hydrogen-bond acceptors (Lipinski definition) is 4. The summed E-state index contributed by atoms with van der Waals surface area (Å²) in [6, 6.07) is 0. The summed E-state index contributed by atoms with van der Waals surface area (Å²) in [5.41, 5.74) is 0.238. The summed E-state index contributed by atoms with van der Waals surface area (Å²) in [6.45, 7) is 8.60. The van der Waals surface area contributed by atoms with Gasteiger partial charge in [-0.15, -0.1) is 5.10 Å². The number of hydrogen-bond donors (Lipinski definition) is 2. The average Bonchev–Trinajstić information content (AvgIpc) is 2.47. The van der Waals surface area contributed by atoms with Crippen molar-refractivity contribution in [2.75, 3.05) is 0 Å².